The summed E-state index contributed by atoms with van der Waals surface area (Å²) in [7, 11) is 4.09. The highest BCUT2D eigenvalue weighted by atomic mass is 16.5. The number of hydrogen-bond donors (Lipinski definition) is 3. The van der Waals surface area contributed by atoms with Gasteiger partial charge in [-0.25, -0.2) is 4.98 Å². The molecule has 7 heteroatoms. The van der Waals surface area contributed by atoms with Crippen LogP contribution in [0, 0.1) is 0 Å². The largest absolute Gasteiger partial charge is 0.481 e. The first-order chi connectivity index (χ1) is 9.28. The van der Waals surface area contributed by atoms with Gasteiger partial charge in [0.25, 0.3) is 0 Å². The summed E-state index contributed by atoms with van der Waals surface area (Å²) in [5.41, 5.74) is 0.907. The van der Waals surface area contributed by atoms with E-state index in [9.17, 15) is 0 Å². The van der Waals surface area contributed by atoms with E-state index < -0.39 is 0 Å². The topological polar surface area (TPSA) is 96.7 Å². The molecular formula is C12H21N3O4. The zero-order valence-electron chi connectivity index (χ0n) is 11.5. The minimum atomic E-state index is 0.132. The van der Waals surface area contributed by atoms with Crippen molar-refractivity contribution in [3.05, 3.63) is 11.8 Å². The average Bonchev–Trinajstić information content (AvgIpc) is 2.97. The van der Waals surface area contributed by atoms with Gasteiger partial charge in [-0.3, -0.25) is 0 Å². The van der Waals surface area contributed by atoms with Crippen molar-refractivity contribution in [3.63, 3.8) is 0 Å². The fourth-order valence-corrected chi connectivity index (χ4v) is 2.07. The van der Waals surface area contributed by atoms with Gasteiger partial charge < -0.3 is 25.0 Å². The molecule has 0 aliphatic carbocycles. The summed E-state index contributed by atoms with van der Waals surface area (Å²) in [6, 6.07) is 0.571. The van der Waals surface area contributed by atoms with E-state index in [-0.39, 0.29) is 18.7 Å². The second kappa shape index (κ2) is 7.88. The van der Waals surface area contributed by atoms with Crippen molar-refractivity contribution in [2.45, 2.75) is 24.9 Å². The third-order valence-corrected chi connectivity index (χ3v) is 2.97. The number of aliphatic hydroxyl groups excluding tert-OH is 2. The Morgan fingerprint density at radius 3 is 2.58 bits per heavy atom. The van der Waals surface area contributed by atoms with Gasteiger partial charge in [-0.1, -0.05) is 0 Å². The highest BCUT2D eigenvalue weighted by molar-refractivity contribution is 5.29. The number of aromatic nitrogens is 2. The lowest BCUT2D eigenvalue weighted by atomic mass is 10.1. The maximum Gasteiger partial charge on any atom is 0.319 e. The normalized spacial score (nSPS) is 21.5. The molecular weight excluding hydrogens is 250 g/mol. The Morgan fingerprint density at radius 1 is 1.32 bits per heavy atom. The van der Waals surface area contributed by atoms with Crippen LogP contribution in [-0.2, 0) is 0 Å². The van der Waals surface area contributed by atoms with Gasteiger partial charge >= 0.3 is 6.01 Å². The quantitative estimate of drug-likeness (QED) is 0.703. The van der Waals surface area contributed by atoms with Crippen molar-refractivity contribution in [2.24, 2.45) is 0 Å². The second-order valence-corrected chi connectivity index (χ2v) is 4.00. The molecule has 0 saturated carbocycles. The van der Waals surface area contributed by atoms with E-state index in [2.05, 4.69) is 15.3 Å². The van der Waals surface area contributed by atoms with Crippen molar-refractivity contribution in [1.29, 1.82) is 0 Å². The van der Waals surface area contributed by atoms with Crippen LogP contribution in [0.25, 0.3) is 0 Å². The van der Waals surface area contributed by atoms with Crippen LogP contribution in [0.1, 0.15) is 24.4 Å². The number of hydrogen-bond acceptors (Lipinski definition) is 7. The van der Waals surface area contributed by atoms with Crippen LogP contribution >= 0.6 is 0 Å². The molecule has 2 atom stereocenters. The van der Waals surface area contributed by atoms with Gasteiger partial charge in [-0.15, -0.1) is 0 Å². The lowest BCUT2D eigenvalue weighted by molar-refractivity contribution is 0.251. The molecule has 1 aliphatic rings. The van der Waals surface area contributed by atoms with Crippen LogP contribution in [-0.4, -0.2) is 54.2 Å². The number of methoxy groups -OCH3 is 2. The molecule has 7 nitrogen and oxygen atoms in total. The van der Waals surface area contributed by atoms with Crippen LogP contribution in [0.4, 0.5) is 0 Å². The molecule has 1 aromatic heterocycles. The third-order valence-electron chi connectivity index (χ3n) is 2.97. The Labute approximate surface area is 112 Å². The molecule has 1 aliphatic heterocycles. The molecule has 1 aromatic rings. The van der Waals surface area contributed by atoms with E-state index in [1.54, 1.807) is 13.3 Å². The smallest absolute Gasteiger partial charge is 0.319 e. The van der Waals surface area contributed by atoms with Crippen molar-refractivity contribution in [3.8, 4) is 11.9 Å². The van der Waals surface area contributed by atoms with Crippen molar-refractivity contribution in [1.82, 2.24) is 15.3 Å². The fraction of sp³-hybridized carbons (Fsp3) is 0.667. The lowest BCUT2D eigenvalue weighted by Gasteiger charge is -2.15. The first-order valence-corrected chi connectivity index (χ1v) is 6.05. The minimum Gasteiger partial charge on any atom is -0.481 e. The van der Waals surface area contributed by atoms with E-state index in [0.29, 0.717) is 11.9 Å². The van der Waals surface area contributed by atoms with Crippen LogP contribution in [0.3, 0.4) is 0 Å². The molecule has 0 unspecified atom stereocenters. The van der Waals surface area contributed by atoms with E-state index in [1.807, 2.05) is 0 Å². The molecule has 19 heavy (non-hydrogen) atoms. The Kier molecular flexibility index (Phi) is 6.48. The maximum atomic E-state index is 9.09. The van der Waals surface area contributed by atoms with Crippen LogP contribution in [0.15, 0.2) is 6.20 Å². The van der Waals surface area contributed by atoms with Crippen LogP contribution < -0.4 is 14.8 Å². The summed E-state index contributed by atoms with van der Waals surface area (Å²) in [5.74, 6) is 0.521. The van der Waals surface area contributed by atoms with Gasteiger partial charge in [0.05, 0.1) is 20.8 Å². The van der Waals surface area contributed by atoms with E-state index >= 15 is 0 Å². The molecule has 1 fully saturated rings. The zero-order chi connectivity index (χ0) is 14.3. The Bertz CT molecular complexity index is 389. The number of nitrogens with zero attached hydrogens (tertiary/aromatic N) is 2. The van der Waals surface area contributed by atoms with E-state index in [4.69, 9.17) is 19.7 Å². The molecule has 0 aromatic carbocycles. The summed E-state index contributed by atoms with van der Waals surface area (Å²) in [6.45, 7) is 0.149. The first-order valence-electron chi connectivity index (χ1n) is 6.05. The van der Waals surface area contributed by atoms with Gasteiger partial charge in [0.1, 0.15) is 0 Å². The van der Waals surface area contributed by atoms with Gasteiger partial charge in [0, 0.05) is 31.0 Å². The maximum absolute atomic E-state index is 9.09. The lowest BCUT2D eigenvalue weighted by Crippen LogP contribution is -2.27. The van der Waals surface area contributed by atoms with Gasteiger partial charge in [-0.2, -0.15) is 4.98 Å². The SMILES string of the molecule is CO.COc1ncc([C@H]2CC[C@@H](CO)N2)c(OC)n1. The van der Waals surface area contributed by atoms with Gasteiger partial charge in [0.2, 0.25) is 5.88 Å². The van der Waals surface area contributed by atoms with Crippen molar-refractivity contribution >= 4 is 0 Å². The number of ether oxygens (including phenoxy) is 2. The summed E-state index contributed by atoms with van der Waals surface area (Å²) in [6.07, 6.45) is 3.59. The fourth-order valence-electron chi connectivity index (χ4n) is 2.07. The molecule has 2 rings (SSSR count). The number of rotatable bonds is 4. The molecule has 108 valence electrons. The van der Waals surface area contributed by atoms with Crippen molar-refractivity contribution in [2.75, 3.05) is 27.9 Å². The zero-order valence-corrected chi connectivity index (χ0v) is 11.5. The highest BCUT2D eigenvalue weighted by Gasteiger charge is 2.27. The molecule has 0 amide bonds. The van der Waals surface area contributed by atoms with Crippen LogP contribution in [0.5, 0.6) is 11.9 Å². The summed E-state index contributed by atoms with van der Waals surface area (Å²) in [4.78, 5) is 8.23. The van der Waals surface area contributed by atoms with Gasteiger partial charge in [-0.05, 0) is 12.8 Å². The third kappa shape index (κ3) is 3.76. The predicted octanol–water partition coefficient (Wildman–Crippen LogP) is -0.112. The number of aliphatic hydroxyl groups is 2. The van der Waals surface area contributed by atoms with E-state index in [0.717, 1.165) is 25.5 Å². The second-order valence-electron chi connectivity index (χ2n) is 4.00. The monoisotopic (exact) mass is 271 g/mol. The summed E-state index contributed by atoms with van der Waals surface area (Å²) in [5, 5.41) is 19.4. The molecule has 0 bridgehead atoms. The number of nitrogens with one attached hydrogen (secondary N) is 1. The molecule has 0 spiro atoms. The molecule has 3 N–H and O–H groups in total. The highest BCUT2D eigenvalue weighted by Crippen LogP contribution is 2.31. The Balaban J connectivity index is 0.000000861. The van der Waals surface area contributed by atoms with Crippen molar-refractivity contribution < 1.29 is 19.7 Å². The molecule has 2 heterocycles. The minimum absolute atomic E-state index is 0.132. The predicted molar refractivity (Wildman–Crippen MR) is 69.3 cm³/mol. The Morgan fingerprint density at radius 2 is 2.05 bits per heavy atom. The average molecular weight is 271 g/mol. The standard InChI is InChI=1S/C11H17N3O3.CH4O/c1-16-10-8(5-12-11(14-10)17-2)9-4-3-7(6-15)13-9;1-2/h5,7,9,13,15H,3-4,6H2,1-2H3;2H,1H3/t7-,9+;/m0./s1. The van der Waals surface area contributed by atoms with Crippen LogP contribution in [0.2, 0.25) is 0 Å². The molecule has 1 saturated heterocycles. The first kappa shape index (κ1) is 15.6. The summed E-state index contributed by atoms with van der Waals surface area (Å²) >= 11 is 0. The van der Waals surface area contributed by atoms with E-state index in [1.165, 1.54) is 7.11 Å². The van der Waals surface area contributed by atoms with Gasteiger partial charge in [0.15, 0.2) is 0 Å². The summed E-state index contributed by atoms with van der Waals surface area (Å²) < 4.78 is 10.2. The Hall–Kier alpha value is -1.44. The molecule has 0 radical (unpaired) electrons.